The second-order valence-corrected chi connectivity index (χ2v) is 7.63. The van der Waals surface area contributed by atoms with E-state index in [1.54, 1.807) is 12.1 Å². The Hall–Kier alpha value is -2.49. The minimum Gasteiger partial charge on any atom is -0.357 e. The van der Waals surface area contributed by atoms with Crippen LogP contribution < -0.4 is 21.3 Å². The summed E-state index contributed by atoms with van der Waals surface area (Å²) in [4.78, 5) is 17.7. The third-order valence-electron chi connectivity index (χ3n) is 4.41. The van der Waals surface area contributed by atoms with Gasteiger partial charge < -0.3 is 21.3 Å². The molecule has 0 aromatic heterocycles. The molecule has 0 bridgehead atoms. The van der Waals surface area contributed by atoms with Crippen LogP contribution in [0.4, 0.5) is 23.7 Å². The van der Waals surface area contributed by atoms with Crippen molar-refractivity contribution in [1.29, 1.82) is 0 Å². The van der Waals surface area contributed by atoms with E-state index in [1.807, 2.05) is 32.9 Å². The first-order valence-corrected chi connectivity index (χ1v) is 10.1. The molecule has 30 heavy (non-hydrogen) atoms. The molecule has 0 radical (unpaired) electrons. The van der Waals surface area contributed by atoms with Gasteiger partial charge in [-0.05, 0) is 44.9 Å². The molecule has 10 heteroatoms. The molecule has 0 spiro atoms. The molecule has 1 aliphatic heterocycles. The molecule has 4 N–H and O–H groups in total. The molecule has 1 aliphatic rings. The van der Waals surface area contributed by atoms with E-state index in [-0.39, 0.29) is 18.1 Å². The van der Waals surface area contributed by atoms with Gasteiger partial charge in [0.2, 0.25) is 0 Å². The van der Waals surface area contributed by atoms with Crippen LogP contribution >= 0.6 is 0 Å². The van der Waals surface area contributed by atoms with Crippen LogP contribution in [0.2, 0.25) is 0 Å². The van der Waals surface area contributed by atoms with Crippen molar-refractivity contribution < 1.29 is 18.0 Å². The van der Waals surface area contributed by atoms with Gasteiger partial charge in [-0.1, -0.05) is 12.1 Å². The second kappa shape index (κ2) is 11.1. The van der Waals surface area contributed by atoms with Crippen LogP contribution in [0, 0.1) is 0 Å². The van der Waals surface area contributed by atoms with E-state index >= 15 is 0 Å². The first-order chi connectivity index (χ1) is 14.1. The molecule has 1 unspecified atom stereocenters. The number of urea groups is 1. The summed E-state index contributed by atoms with van der Waals surface area (Å²) in [6.07, 6.45) is -3.54. The van der Waals surface area contributed by atoms with E-state index in [2.05, 4.69) is 26.3 Å². The maximum Gasteiger partial charge on any atom is 0.401 e. The Morgan fingerprint density at radius 2 is 1.97 bits per heavy atom. The quantitative estimate of drug-likeness (QED) is 0.398. The number of carbonyl (C=O) groups excluding carboxylic acids is 1. The maximum atomic E-state index is 12.6. The zero-order valence-electron chi connectivity index (χ0n) is 17.6. The number of hydrogen-bond acceptors (Lipinski definition) is 3. The molecule has 1 saturated heterocycles. The molecule has 1 atom stereocenters. The molecule has 0 aliphatic carbocycles. The van der Waals surface area contributed by atoms with Crippen LogP contribution in [0.3, 0.4) is 0 Å². The number of rotatable bonds is 7. The maximum absolute atomic E-state index is 12.6. The predicted molar refractivity (Wildman–Crippen MR) is 113 cm³/mol. The lowest BCUT2D eigenvalue weighted by Crippen LogP contribution is -2.45. The summed E-state index contributed by atoms with van der Waals surface area (Å²) in [5.41, 5.74) is 1.63. The van der Waals surface area contributed by atoms with Gasteiger partial charge in [-0.3, -0.25) is 4.90 Å². The van der Waals surface area contributed by atoms with Gasteiger partial charge in [-0.15, -0.1) is 0 Å². The lowest BCUT2D eigenvalue weighted by molar-refractivity contribution is -0.143. The highest BCUT2D eigenvalue weighted by Crippen LogP contribution is 2.20. The Bertz CT molecular complexity index is 705. The minimum atomic E-state index is -4.18. The lowest BCUT2D eigenvalue weighted by atomic mass is 10.2. The molecule has 1 heterocycles. The van der Waals surface area contributed by atoms with E-state index in [1.165, 1.54) is 4.90 Å². The van der Waals surface area contributed by atoms with Crippen LogP contribution in [0.5, 0.6) is 0 Å². The van der Waals surface area contributed by atoms with Crippen LogP contribution in [0.15, 0.2) is 29.3 Å². The third-order valence-corrected chi connectivity index (χ3v) is 4.41. The highest BCUT2D eigenvalue weighted by Gasteiger charge is 2.34. The molecule has 1 aromatic carbocycles. The van der Waals surface area contributed by atoms with Crippen molar-refractivity contribution >= 4 is 17.7 Å². The van der Waals surface area contributed by atoms with Crippen LogP contribution in [-0.4, -0.2) is 61.3 Å². The molecular weight excluding hydrogens is 397 g/mol. The van der Waals surface area contributed by atoms with E-state index in [0.717, 1.165) is 5.56 Å². The first kappa shape index (κ1) is 23.8. The van der Waals surface area contributed by atoms with Crippen molar-refractivity contribution in [2.24, 2.45) is 4.99 Å². The molecule has 2 rings (SSSR count). The van der Waals surface area contributed by atoms with Crippen molar-refractivity contribution in [2.75, 3.05) is 31.5 Å². The number of carbonyl (C=O) groups is 1. The Morgan fingerprint density at radius 3 is 2.57 bits per heavy atom. The average Bonchev–Trinajstić information content (AvgIpc) is 3.05. The smallest absolute Gasteiger partial charge is 0.357 e. The Morgan fingerprint density at radius 1 is 1.27 bits per heavy atom. The van der Waals surface area contributed by atoms with Crippen LogP contribution in [0.1, 0.15) is 32.8 Å². The fourth-order valence-corrected chi connectivity index (χ4v) is 3.15. The van der Waals surface area contributed by atoms with E-state index in [0.29, 0.717) is 44.2 Å². The van der Waals surface area contributed by atoms with Crippen molar-refractivity contribution in [3.05, 3.63) is 29.8 Å². The number of guanidine groups is 1. The topological polar surface area (TPSA) is 80.8 Å². The summed E-state index contributed by atoms with van der Waals surface area (Å²) in [6, 6.07) is 7.07. The van der Waals surface area contributed by atoms with Crippen molar-refractivity contribution in [2.45, 2.75) is 52.0 Å². The number of hydrogen-bond donors (Lipinski definition) is 4. The SMILES string of the molecule is CCNC(=NCc1ccc(NC(=O)NC(C)C)cc1)NC1CCN(CC(F)(F)F)C1. The van der Waals surface area contributed by atoms with E-state index in [4.69, 9.17) is 0 Å². The zero-order valence-corrected chi connectivity index (χ0v) is 17.6. The monoisotopic (exact) mass is 428 g/mol. The highest BCUT2D eigenvalue weighted by molar-refractivity contribution is 5.89. The Balaban J connectivity index is 1.88. The van der Waals surface area contributed by atoms with Crippen molar-refractivity contribution in [3.63, 3.8) is 0 Å². The number of nitrogens with zero attached hydrogens (tertiary/aromatic N) is 2. The minimum absolute atomic E-state index is 0.0519. The van der Waals surface area contributed by atoms with Crippen LogP contribution in [-0.2, 0) is 6.54 Å². The summed E-state index contributed by atoms with van der Waals surface area (Å²) >= 11 is 0. The highest BCUT2D eigenvalue weighted by atomic mass is 19.4. The fraction of sp³-hybridized carbons (Fsp3) is 0.600. The van der Waals surface area contributed by atoms with Gasteiger partial charge in [-0.25, -0.2) is 9.79 Å². The first-order valence-electron chi connectivity index (χ1n) is 10.1. The average molecular weight is 429 g/mol. The second-order valence-electron chi connectivity index (χ2n) is 7.63. The van der Waals surface area contributed by atoms with Crippen molar-refractivity contribution in [3.8, 4) is 0 Å². The number of aliphatic imine (C=N–C) groups is 1. The molecule has 1 aromatic rings. The Kier molecular flexibility index (Phi) is 8.76. The fourth-order valence-electron chi connectivity index (χ4n) is 3.15. The molecule has 7 nitrogen and oxygen atoms in total. The van der Waals surface area contributed by atoms with Gasteiger partial charge in [-0.2, -0.15) is 13.2 Å². The summed E-state index contributed by atoms with van der Waals surface area (Å²) in [6.45, 7) is 6.63. The number of nitrogens with one attached hydrogen (secondary N) is 4. The van der Waals surface area contributed by atoms with Gasteiger partial charge in [0.25, 0.3) is 0 Å². The van der Waals surface area contributed by atoms with E-state index in [9.17, 15) is 18.0 Å². The van der Waals surface area contributed by atoms with Gasteiger partial charge in [0.05, 0.1) is 13.1 Å². The molecule has 168 valence electrons. The third kappa shape index (κ3) is 8.89. The van der Waals surface area contributed by atoms with Crippen molar-refractivity contribution in [1.82, 2.24) is 20.9 Å². The standard InChI is InChI=1S/C20H31F3N6O/c1-4-24-18(27-17-9-10-29(12-17)13-20(21,22)23)25-11-15-5-7-16(8-6-15)28-19(30)26-14(2)3/h5-8,14,17H,4,9-13H2,1-3H3,(H2,24,25,27)(H2,26,28,30). The van der Waals surface area contributed by atoms with Gasteiger partial charge in [0, 0.05) is 37.4 Å². The van der Waals surface area contributed by atoms with Gasteiger partial charge in [0.15, 0.2) is 5.96 Å². The van der Waals surface area contributed by atoms with E-state index < -0.39 is 12.7 Å². The summed E-state index contributed by atoms with van der Waals surface area (Å²) in [5.74, 6) is 0.579. The summed E-state index contributed by atoms with van der Waals surface area (Å²) < 4.78 is 37.7. The number of alkyl halides is 3. The number of benzene rings is 1. The molecular formula is C20H31F3N6O. The zero-order chi connectivity index (χ0) is 22.1. The lowest BCUT2D eigenvalue weighted by Gasteiger charge is -2.19. The number of halogens is 3. The van der Waals surface area contributed by atoms with Gasteiger partial charge >= 0.3 is 12.2 Å². The summed E-state index contributed by atoms with van der Waals surface area (Å²) in [7, 11) is 0. The van der Waals surface area contributed by atoms with Crippen LogP contribution in [0.25, 0.3) is 0 Å². The molecule has 2 amide bonds. The normalized spacial score (nSPS) is 17.8. The number of likely N-dealkylation sites (tertiary alicyclic amines) is 1. The predicted octanol–water partition coefficient (Wildman–Crippen LogP) is 2.91. The largest absolute Gasteiger partial charge is 0.401 e. The molecule has 0 saturated carbocycles. The summed E-state index contributed by atoms with van der Waals surface area (Å²) in [5, 5.41) is 11.9. The Labute approximate surface area is 175 Å². The number of anilines is 1. The molecule has 1 fully saturated rings. The number of amides is 2. The van der Waals surface area contributed by atoms with Gasteiger partial charge in [0.1, 0.15) is 0 Å².